The molecule has 1 saturated heterocycles. The van der Waals surface area contributed by atoms with Gasteiger partial charge in [0.25, 0.3) is 5.91 Å². The number of carboxylic acids is 1. The average Bonchev–Trinajstić information content (AvgIpc) is 2.55. The number of hydrogen-bond donors (Lipinski definition) is 2. The van der Waals surface area contributed by atoms with Crippen LogP contribution < -0.4 is 5.32 Å². The van der Waals surface area contributed by atoms with Crippen molar-refractivity contribution in [2.75, 3.05) is 19.6 Å². The molecule has 1 fully saturated rings. The summed E-state index contributed by atoms with van der Waals surface area (Å²) in [5, 5.41) is 11.1. The molecule has 19 heavy (non-hydrogen) atoms. The van der Waals surface area contributed by atoms with Gasteiger partial charge in [0.15, 0.2) is 0 Å². The summed E-state index contributed by atoms with van der Waals surface area (Å²) >= 11 is 0. The van der Waals surface area contributed by atoms with Crippen LogP contribution in [0.3, 0.4) is 0 Å². The predicted octanol–water partition coefficient (Wildman–Crippen LogP) is -0.750. The van der Waals surface area contributed by atoms with Gasteiger partial charge < -0.3 is 15.3 Å². The van der Waals surface area contributed by atoms with Crippen LogP contribution in [0.25, 0.3) is 0 Å². The fourth-order valence-corrected chi connectivity index (χ4v) is 1.67. The van der Waals surface area contributed by atoms with E-state index in [9.17, 15) is 19.2 Å². The second-order valence-electron chi connectivity index (χ2n) is 5.18. The molecule has 1 aliphatic rings. The first-order chi connectivity index (χ1) is 8.62. The van der Waals surface area contributed by atoms with Crippen molar-refractivity contribution in [3.05, 3.63) is 0 Å². The van der Waals surface area contributed by atoms with E-state index < -0.39 is 42.4 Å². The first-order valence-corrected chi connectivity index (χ1v) is 5.73. The molecule has 0 aliphatic carbocycles. The van der Waals surface area contributed by atoms with Crippen molar-refractivity contribution in [2.24, 2.45) is 0 Å². The molecule has 0 spiro atoms. The molecule has 106 valence electrons. The van der Waals surface area contributed by atoms with E-state index in [1.165, 1.54) is 0 Å². The first-order valence-electron chi connectivity index (χ1n) is 5.73. The zero-order chi connectivity index (χ0) is 14.8. The molecule has 0 atom stereocenters. The molecule has 1 heterocycles. The van der Waals surface area contributed by atoms with Crippen LogP contribution in [-0.4, -0.2) is 63.9 Å². The number of carbonyl (C=O) groups excluding carboxylic acids is 3. The van der Waals surface area contributed by atoms with E-state index >= 15 is 0 Å². The third kappa shape index (κ3) is 3.67. The third-order valence-electron chi connectivity index (χ3n) is 2.63. The van der Waals surface area contributed by atoms with E-state index in [1.54, 1.807) is 20.8 Å². The minimum atomic E-state index is -1.15. The maximum atomic E-state index is 12.1. The van der Waals surface area contributed by atoms with Gasteiger partial charge >= 0.3 is 12.0 Å². The molecular weight excluding hydrogens is 254 g/mol. The van der Waals surface area contributed by atoms with Crippen LogP contribution in [0.2, 0.25) is 0 Å². The molecule has 4 amide bonds. The largest absolute Gasteiger partial charge is 0.480 e. The van der Waals surface area contributed by atoms with Gasteiger partial charge in [-0.1, -0.05) is 0 Å². The van der Waals surface area contributed by atoms with Crippen LogP contribution in [-0.2, 0) is 14.4 Å². The highest BCUT2D eigenvalue weighted by molar-refractivity contribution is 6.04. The lowest BCUT2D eigenvalue weighted by Gasteiger charge is -2.35. The summed E-state index contributed by atoms with van der Waals surface area (Å²) < 4.78 is 0. The summed E-state index contributed by atoms with van der Waals surface area (Å²) in [5.41, 5.74) is -0.714. The molecule has 8 nitrogen and oxygen atoms in total. The maximum Gasteiger partial charge on any atom is 0.325 e. The highest BCUT2D eigenvalue weighted by Gasteiger charge is 2.35. The SMILES string of the molecule is CC(C)(C)N(CC(=O)O)C(=O)CN1C(=O)CNC1=O. The number of carboxylic acid groups (broad SMARTS) is 1. The summed E-state index contributed by atoms with van der Waals surface area (Å²) in [6.45, 7) is 3.97. The lowest BCUT2D eigenvalue weighted by molar-refractivity contribution is -0.149. The summed E-state index contributed by atoms with van der Waals surface area (Å²) in [6.07, 6.45) is 0. The lowest BCUT2D eigenvalue weighted by atomic mass is 10.1. The Morgan fingerprint density at radius 3 is 2.32 bits per heavy atom. The fourth-order valence-electron chi connectivity index (χ4n) is 1.67. The molecule has 0 radical (unpaired) electrons. The third-order valence-corrected chi connectivity index (χ3v) is 2.63. The molecular formula is C11H17N3O5. The average molecular weight is 271 g/mol. The number of rotatable bonds is 4. The molecule has 2 N–H and O–H groups in total. The van der Waals surface area contributed by atoms with Gasteiger partial charge in [-0.25, -0.2) is 4.79 Å². The zero-order valence-corrected chi connectivity index (χ0v) is 11.1. The second-order valence-corrected chi connectivity index (χ2v) is 5.18. The topological polar surface area (TPSA) is 107 Å². The summed E-state index contributed by atoms with van der Waals surface area (Å²) in [4.78, 5) is 47.4. The van der Waals surface area contributed by atoms with Gasteiger partial charge in [-0.05, 0) is 20.8 Å². The minimum Gasteiger partial charge on any atom is -0.480 e. The van der Waals surface area contributed by atoms with E-state index in [-0.39, 0.29) is 6.54 Å². The molecule has 0 bridgehead atoms. The number of carbonyl (C=O) groups is 4. The fraction of sp³-hybridized carbons (Fsp3) is 0.636. The number of imide groups is 1. The number of amides is 4. The summed E-state index contributed by atoms with van der Waals surface area (Å²) in [7, 11) is 0. The first kappa shape index (κ1) is 14.9. The van der Waals surface area contributed by atoms with Crippen molar-refractivity contribution < 1.29 is 24.3 Å². The number of aliphatic carboxylic acids is 1. The van der Waals surface area contributed by atoms with Gasteiger partial charge in [0, 0.05) is 5.54 Å². The Balaban J connectivity index is 2.80. The Labute approximate surface area is 110 Å². The van der Waals surface area contributed by atoms with E-state index in [4.69, 9.17) is 5.11 Å². The van der Waals surface area contributed by atoms with E-state index in [0.717, 1.165) is 9.80 Å². The van der Waals surface area contributed by atoms with Crippen molar-refractivity contribution in [3.63, 3.8) is 0 Å². The van der Waals surface area contributed by atoms with E-state index in [1.807, 2.05) is 0 Å². The van der Waals surface area contributed by atoms with Gasteiger partial charge in [-0.3, -0.25) is 19.3 Å². The predicted molar refractivity (Wildman–Crippen MR) is 64.2 cm³/mol. The Bertz CT molecular complexity index is 411. The molecule has 8 heteroatoms. The summed E-state index contributed by atoms with van der Waals surface area (Å²) in [6, 6.07) is -0.637. The molecule has 0 aromatic carbocycles. The van der Waals surface area contributed by atoms with Gasteiger partial charge in [-0.15, -0.1) is 0 Å². The van der Waals surface area contributed by atoms with Crippen molar-refractivity contribution in [1.29, 1.82) is 0 Å². The number of urea groups is 1. The monoisotopic (exact) mass is 271 g/mol. The van der Waals surface area contributed by atoms with Crippen LogP contribution in [0, 0.1) is 0 Å². The number of hydrogen-bond acceptors (Lipinski definition) is 4. The number of nitrogens with one attached hydrogen (secondary N) is 1. The minimum absolute atomic E-state index is 0.138. The zero-order valence-electron chi connectivity index (χ0n) is 11.1. The van der Waals surface area contributed by atoms with Crippen molar-refractivity contribution in [3.8, 4) is 0 Å². The van der Waals surface area contributed by atoms with E-state index in [0.29, 0.717) is 0 Å². The van der Waals surface area contributed by atoms with E-state index in [2.05, 4.69) is 5.32 Å². The van der Waals surface area contributed by atoms with Gasteiger partial charge in [0.05, 0.1) is 6.54 Å². The Morgan fingerprint density at radius 1 is 1.37 bits per heavy atom. The Hall–Kier alpha value is -2.12. The lowest BCUT2D eigenvalue weighted by Crippen LogP contribution is -2.52. The van der Waals surface area contributed by atoms with Gasteiger partial charge in [0.2, 0.25) is 5.91 Å². The Kier molecular flexibility index (Phi) is 4.13. The van der Waals surface area contributed by atoms with Gasteiger partial charge in [-0.2, -0.15) is 0 Å². The van der Waals surface area contributed by atoms with Crippen molar-refractivity contribution in [2.45, 2.75) is 26.3 Å². The molecule has 0 saturated carbocycles. The standard InChI is InChI=1S/C11H17N3O5/c1-11(2,3)14(6-9(17)18)8(16)5-13-7(15)4-12-10(13)19/h4-6H2,1-3H3,(H,12,19)(H,17,18). The van der Waals surface area contributed by atoms with Crippen LogP contribution in [0.1, 0.15) is 20.8 Å². The molecule has 0 aromatic heterocycles. The highest BCUT2D eigenvalue weighted by atomic mass is 16.4. The molecule has 1 rings (SSSR count). The van der Waals surface area contributed by atoms with Crippen LogP contribution in [0.15, 0.2) is 0 Å². The Morgan fingerprint density at radius 2 is 1.95 bits per heavy atom. The smallest absolute Gasteiger partial charge is 0.325 e. The maximum absolute atomic E-state index is 12.1. The normalized spacial score (nSPS) is 15.4. The van der Waals surface area contributed by atoms with Crippen molar-refractivity contribution >= 4 is 23.8 Å². The van der Waals surface area contributed by atoms with Crippen molar-refractivity contribution in [1.82, 2.24) is 15.1 Å². The van der Waals surface area contributed by atoms with Crippen LogP contribution in [0.4, 0.5) is 4.79 Å². The second kappa shape index (κ2) is 5.25. The molecule has 1 aliphatic heterocycles. The quantitative estimate of drug-likeness (QED) is 0.654. The summed E-state index contributed by atoms with van der Waals surface area (Å²) in [5.74, 6) is -2.23. The molecule has 0 aromatic rings. The van der Waals surface area contributed by atoms with Crippen LogP contribution in [0.5, 0.6) is 0 Å². The molecule has 0 unspecified atom stereocenters. The number of nitrogens with zero attached hydrogens (tertiary/aromatic N) is 2. The van der Waals surface area contributed by atoms with Gasteiger partial charge in [0.1, 0.15) is 13.1 Å². The van der Waals surface area contributed by atoms with Crippen LogP contribution >= 0.6 is 0 Å². The highest BCUT2D eigenvalue weighted by Crippen LogP contribution is 2.14.